The summed E-state index contributed by atoms with van der Waals surface area (Å²) in [6.07, 6.45) is 2.48. The molecule has 1 aromatic heterocycles. The highest BCUT2D eigenvalue weighted by atomic mass is 16.3. The Bertz CT molecular complexity index is 543. The normalized spacial score (nSPS) is 18.6. The van der Waals surface area contributed by atoms with E-state index < -0.39 is 0 Å². The van der Waals surface area contributed by atoms with Gasteiger partial charge in [-0.2, -0.15) is 0 Å². The minimum atomic E-state index is 0.125. The first-order valence-electron chi connectivity index (χ1n) is 6.59. The zero-order valence-corrected chi connectivity index (χ0v) is 10.7. The zero-order valence-electron chi connectivity index (χ0n) is 10.7. The first kappa shape index (κ1) is 11.7. The van der Waals surface area contributed by atoms with Gasteiger partial charge in [-0.25, -0.2) is 4.98 Å². The Morgan fingerprint density at radius 2 is 2.17 bits per heavy atom. The number of aromatic nitrogens is 2. The third kappa shape index (κ3) is 2.02. The van der Waals surface area contributed by atoms with Gasteiger partial charge in [0.1, 0.15) is 5.82 Å². The lowest BCUT2D eigenvalue weighted by Crippen LogP contribution is -2.28. The highest BCUT2D eigenvalue weighted by Gasteiger charge is 2.23. The highest BCUT2D eigenvalue weighted by molar-refractivity contribution is 5.76. The molecule has 2 heterocycles. The summed E-state index contributed by atoms with van der Waals surface area (Å²) in [7, 11) is 0. The van der Waals surface area contributed by atoms with Crippen molar-refractivity contribution in [1.82, 2.24) is 14.9 Å². The van der Waals surface area contributed by atoms with E-state index in [0.717, 1.165) is 29.9 Å². The Balaban J connectivity index is 1.95. The lowest BCUT2D eigenvalue weighted by Gasteiger charge is -2.26. The number of fused-ring (bicyclic) bond motifs is 1. The molecule has 1 aliphatic heterocycles. The van der Waals surface area contributed by atoms with Gasteiger partial charge in [-0.3, -0.25) is 4.90 Å². The quantitative estimate of drug-likeness (QED) is 0.869. The van der Waals surface area contributed by atoms with E-state index in [4.69, 9.17) is 0 Å². The smallest absolute Gasteiger partial charge is 0.104 e. The first-order valence-corrected chi connectivity index (χ1v) is 6.59. The van der Waals surface area contributed by atoms with Gasteiger partial charge in [-0.1, -0.05) is 6.07 Å². The molecule has 0 radical (unpaired) electrons. The second-order valence-electron chi connectivity index (χ2n) is 5.04. The number of imidazole rings is 1. The van der Waals surface area contributed by atoms with Gasteiger partial charge in [0.25, 0.3) is 0 Å². The van der Waals surface area contributed by atoms with Crippen molar-refractivity contribution >= 4 is 11.0 Å². The molecule has 0 bridgehead atoms. The SMILES string of the molecule is Cc1nc2ccc(C(CO)N3CCCC3)cc2[nH]1. The van der Waals surface area contributed by atoms with Crippen LogP contribution in [0.5, 0.6) is 0 Å². The Morgan fingerprint density at radius 1 is 1.39 bits per heavy atom. The molecule has 3 rings (SSSR count). The van der Waals surface area contributed by atoms with E-state index >= 15 is 0 Å². The van der Waals surface area contributed by atoms with Crippen molar-refractivity contribution in [2.24, 2.45) is 0 Å². The number of hydrogen-bond donors (Lipinski definition) is 2. The predicted octanol–water partition coefficient (Wildman–Crippen LogP) is 2.00. The highest BCUT2D eigenvalue weighted by Crippen LogP contribution is 2.26. The van der Waals surface area contributed by atoms with Gasteiger partial charge >= 0.3 is 0 Å². The van der Waals surface area contributed by atoms with Crippen molar-refractivity contribution in [3.8, 4) is 0 Å². The number of aromatic amines is 1. The molecule has 0 aliphatic carbocycles. The van der Waals surface area contributed by atoms with E-state index in [0.29, 0.717) is 0 Å². The summed E-state index contributed by atoms with van der Waals surface area (Å²) in [5, 5.41) is 9.65. The molecule has 1 fully saturated rings. The minimum absolute atomic E-state index is 0.125. The number of aliphatic hydroxyl groups excluding tert-OH is 1. The molecule has 0 saturated carbocycles. The molecule has 18 heavy (non-hydrogen) atoms. The molecule has 1 atom stereocenters. The van der Waals surface area contributed by atoms with Crippen molar-refractivity contribution in [3.63, 3.8) is 0 Å². The van der Waals surface area contributed by atoms with Crippen LogP contribution in [0.1, 0.15) is 30.3 Å². The summed E-state index contributed by atoms with van der Waals surface area (Å²) in [4.78, 5) is 10.0. The van der Waals surface area contributed by atoms with Crippen molar-refractivity contribution in [2.75, 3.05) is 19.7 Å². The number of aryl methyl sites for hydroxylation is 1. The van der Waals surface area contributed by atoms with Crippen LogP contribution in [-0.2, 0) is 0 Å². The number of aliphatic hydroxyl groups is 1. The molecule has 2 aromatic rings. The number of likely N-dealkylation sites (tertiary alicyclic amines) is 1. The number of rotatable bonds is 3. The Morgan fingerprint density at radius 3 is 2.89 bits per heavy atom. The first-order chi connectivity index (χ1) is 8.78. The van der Waals surface area contributed by atoms with Crippen LogP contribution in [-0.4, -0.2) is 39.7 Å². The molecule has 2 N–H and O–H groups in total. The minimum Gasteiger partial charge on any atom is -0.394 e. The molecule has 0 amide bonds. The van der Waals surface area contributed by atoms with Crippen LogP contribution in [0.4, 0.5) is 0 Å². The fourth-order valence-electron chi connectivity index (χ4n) is 2.85. The number of nitrogens with zero attached hydrogens (tertiary/aromatic N) is 2. The molecule has 1 saturated heterocycles. The van der Waals surface area contributed by atoms with Crippen LogP contribution in [0.15, 0.2) is 18.2 Å². The summed E-state index contributed by atoms with van der Waals surface area (Å²) < 4.78 is 0. The average molecular weight is 245 g/mol. The molecule has 4 nitrogen and oxygen atoms in total. The van der Waals surface area contributed by atoms with Crippen molar-refractivity contribution < 1.29 is 5.11 Å². The molecule has 1 aromatic carbocycles. The summed E-state index contributed by atoms with van der Waals surface area (Å²) in [5.74, 6) is 0.934. The van der Waals surface area contributed by atoms with Gasteiger partial charge in [0, 0.05) is 0 Å². The Kier molecular flexibility index (Phi) is 3.06. The molecule has 1 unspecified atom stereocenters. The summed E-state index contributed by atoms with van der Waals surface area (Å²) >= 11 is 0. The molecular weight excluding hydrogens is 226 g/mol. The molecular formula is C14H19N3O. The molecule has 0 spiro atoms. The van der Waals surface area contributed by atoms with Crippen LogP contribution in [0.2, 0.25) is 0 Å². The van der Waals surface area contributed by atoms with E-state index in [1.165, 1.54) is 18.4 Å². The van der Waals surface area contributed by atoms with Gasteiger partial charge in [0.2, 0.25) is 0 Å². The standard InChI is InChI=1S/C14H19N3O/c1-10-15-12-5-4-11(8-13(12)16-10)14(9-18)17-6-2-3-7-17/h4-5,8,14,18H,2-3,6-7,9H2,1H3,(H,15,16). The third-order valence-electron chi connectivity index (χ3n) is 3.76. The summed E-state index contributed by atoms with van der Waals surface area (Å²) in [6, 6.07) is 6.36. The van der Waals surface area contributed by atoms with E-state index in [2.05, 4.69) is 27.0 Å². The second kappa shape index (κ2) is 4.71. The van der Waals surface area contributed by atoms with Crippen LogP contribution in [0.25, 0.3) is 11.0 Å². The maximum atomic E-state index is 9.65. The van der Waals surface area contributed by atoms with Crippen molar-refractivity contribution in [1.29, 1.82) is 0 Å². The molecule has 4 heteroatoms. The van der Waals surface area contributed by atoms with Crippen molar-refractivity contribution in [2.45, 2.75) is 25.8 Å². The lowest BCUT2D eigenvalue weighted by atomic mass is 10.1. The average Bonchev–Trinajstić information content (AvgIpc) is 2.97. The third-order valence-corrected chi connectivity index (χ3v) is 3.76. The largest absolute Gasteiger partial charge is 0.394 e. The van der Waals surface area contributed by atoms with Gasteiger partial charge in [-0.05, 0) is 50.6 Å². The fraction of sp³-hybridized carbons (Fsp3) is 0.500. The zero-order chi connectivity index (χ0) is 12.5. The maximum absolute atomic E-state index is 9.65. The van der Waals surface area contributed by atoms with E-state index in [1.54, 1.807) is 0 Å². The van der Waals surface area contributed by atoms with Crippen LogP contribution < -0.4 is 0 Å². The van der Waals surface area contributed by atoms with Gasteiger partial charge < -0.3 is 10.1 Å². The monoisotopic (exact) mass is 245 g/mol. The van der Waals surface area contributed by atoms with E-state index in [-0.39, 0.29) is 12.6 Å². The molecule has 96 valence electrons. The molecule has 1 aliphatic rings. The van der Waals surface area contributed by atoms with Crippen LogP contribution in [0, 0.1) is 6.92 Å². The second-order valence-corrected chi connectivity index (χ2v) is 5.04. The predicted molar refractivity (Wildman–Crippen MR) is 71.5 cm³/mol. The number of hydrogen-bond acceptors (Lipinski definition) is 3. The van der Waals surface area contributed by atoms with Gasteiger partial charge in [0.15, 0.2) is 0 Å². The van der Waals surface area contributed by atoms with E-state index in [1.807, 2.05) is 13.0 Å². The lowest BCUT2D eigenvalue weighted by molar-refractivity contribution is 0.147. The summed E-state index contributed by atoms with van der Waals surface area (Å²) in [5.41, 5.74) is 3.23. The maximum Gasteiger partial charge on any atom is 0.104 e. The van der Waals surface area contributed by atoms with Crippen LogP contribution >= 0.6 is 0 Å². The van der Waals surface area contributed by atoms with Gasteiger partial charge in [-0.15, -0.1) is 0 Å². The van der Waals surface area contributed by atoms with Crippen molar-refractivity contribution in [3.05, 3.63) is 29.6 Å². The Labute approximate surface area is 107 Å². The van der Waals surface area contributed by atoms with Crippen LogP contribution in [0.3, 0.4) is 0 Å². The number of benzene rings is 1. The summed E-state index contributed by atoms with van der Waals surface area (Å²) in [6.45, 7) is 4.32. The van der Waals surface area contributed by atoms with E-state index in [9.17, 15) is 5.11 Å². The fourth-order valence-corrected chi connectivity index (χ4v) is 2.85. The topological polar surface area (TPSA) is 52.2 Å². The van der Waals surface area contributed by atoms with Gasteiger partial charge in [0.05, 0.1) is 23.7 Å². The Hall–Kier alpha value is -1.39. The number of nitrogens with one attached hydrogen (secondary N) is 1. The number of H-pyrrole nitrogens is 1.